The van der Waals surface area contributed by atoms with Gasteiger partial charge in [0.25, 0.3) is 0 Å². The number of piperidine rings is 1. The third-order valence-electron chi connectivity index (χ3n) is 4.49. The first-order chi connectivity index (χ1) is 7.79. The van der Waals surface area contributed by atoms with Gasteiger partial charge in [-0.15, -0.1) is 0 Å². The Kier molecular flexibility index (Phi) is 4.66. The monoisotopic (exact) mass is 224 g/mol. The van der Waals surface area contributed by atoms with Gasteiger partial charge in [0.2, 0.25) is 0 Å². The van der Waals surface area contributed by atoms with E-state index in [4.69, 9.17) is 0 Å². The summed E-state index contributed by atoms with van der Waals surface area (Å²) in [6.45, 7) is 7.41. The van der Waals surface area contributed by atoms with E-state index < -0.39 is 0 Å². The van der Waals surface area contributed by atoms with Crippen LogP contribution in [0.25, 0.3) is 0 Å². The summed E-state index contributed by atoms with van der Waals surface area (Å²) in [5.41, 5.74) is 0.616. The molecule has 1 saturated carbocycles. The van der Waals surface area contributed by atoms with Crippen LogP contribution in [-0.4, -0.2) is 26.2 Å². The first kappa shape index (κ1) is 12.4. The molecule has 1 aliphatic carbocycles. The minimum Gasteiger partial charge on any atom is -0.316 e. The molecule has 2 aliphatic rings. The summed E-state index contributed by atoms with van der Waals surface area (Å²) in [6.07, 6.45) is 9.95. The highest BCUT2D eigenvalue weighted by Crippen LogP contribution is 2.36. The molecule has 1 atom stereocenters. The van der Waals surface area contributed by atoms with Crippen LogP contribution in [0.2, 0.25) is 0 Å². The number of hydrogen-bond acceptors (Lipinski definition) is 2. The van der Waals surface area contributed by atoms with Crippen LogP contribution in [-0.2, 0) is 0 Å². The van der Waals surface area contributed by atoms with Crippen molar-refractivity contribution in [1.29, 1.82) is 0 Å². The fourth-order valence-electron chi connectivity index (χ4n) is 3.27. The van der Waals surface area contributed by atoms with E-state index in [0.29, 0.717) is 5.41 Å². The van der Waals surface area contributed by atoms with E-state index in [2.05, 4.69) is 17.6 Å². The molecule has 2 nitrogen and oxygen atoms in total. The molecule has 0 radical (unpaired) electrons. The van der Waals surface area contributed by atoms with Crippen LogP contribution >= 0.6 is 0 Å². The van der Waals surface area contributed by atoms with Gasteiger partial charge in [0, 0.05) is 6.54 Å². The molecule has 16 heavy (non-hydrogen) atoms. The maximum Gasteiger partial charge on any atom is 0.000516 e. The summed E-state index contributed by atoms with van der Waals surface area (Å²) in [6, 6.07) is 0. The van der Waals surface area contributed by atoms with Crippen molar-refractivity contribution in [2.24, 2.45) is 11.3 Å². The van der Waals surface area contributed by atoms with Gasteiger partial charge in [0.1, 0.15) is 0 Å². The van der Waals surface area contributed by atoms with Gasteiger partial charge in [-0.05, 0) is 63.1 Å². The Morgan fingerprint density at radius 1 is 1.25 bits per heavy atom. The summed E-state index contributed by atoms with van der Waals surface area (Å²) < 4.78 is 0. The quantitative estimate of drug-likeness (QED) is 0.701. The molecular weight excluding hydrogens is 196 g/mol. The highest BCUT2D eigenvalue weighted by molar-refractivity contribution is 4.82. The minimum atomic E-state index is 0.616. The third kappa shape index (κ3) is 3.74. The van der Waals surface area contributed by atoms with E-state index in [-0.39, 0.29) is 0 Å². The molecule has 2 heteroatoms. The molecule has 0 aromatic rings. The predicted molar refractivity (Wildman–Crippen MR) is 69.7 cm³/mol. The maximum absolute atomic E-state index is 3.69. The SMILES string of the molecule is CC1(CNCCC2CCCNC2)CCCC1. The van der Waals surface area contributed by atoms with Crippen LogP contribution < -0.4 is 10.6 Å². The topological polar surface area (TPSA) is 24.1 Å². The second-order valence-corrected chi connectivity index (χ2v) is 6.20. The zero-order valence-electron chi connectivity index (χ0n) is 10.9. The molecule has 0 aromatic heterocycles. The van der Waals surface area contributed by atoms with Gasteiger partial charge in [-0.3, -0.25) is 0 Å². The molecule has 0 aromatic carbocycles. The minimum absolute atomic E-state index is 0.616. The van der Waals surface area contributed by atoms with Crippen molar-refractivity contribution in [3.8, 4) is 0 Å². The molecule has 94 valence electrons. The van der Waals surface area contributed by atoms with Gasteiger partial charge in [0.15, 0.2) is 0 Å². The molecule has 1 saturated heterocycles. The lowest BCUT2D eigenvalue weighted by Gasteiger charge is -2.26. The molecule has 1 unspecified atom stereocenters. The lowest BCUT2D eigenvalue weighted by Crippen LogP contribution is -2.34. The average molecular weight is 224 g/mol. The summed E-state index contributed by atoms with van der Waals surface area (Å²) in [5.74, 6) is 0.928. The van der Waals surface area contributed by atoms with Crippen molar-refractivity contribution >= 4 is 0 Å². The van der Waals surface area contributed by atoms with Crippen molar-refractivity contribution in [3.05, 3.63) is 0 Å². The lowest BCUT2D eigenvalue weighted by molar-refractivity contribution is 0.299. The number of rotatable bonds is 5. The number of hydrogen-bond donors (Lipinski definition) is 2. The zero-order chi connectivity index (χ0) is 11.3. The lowest BCUT2D eigenvalue weighted by atomic mass is 9.88. The van der Waals surface area contributed by atoms with Crippen molar-refractivity contribution in [1.82, 2.24) is 10.6 Å². The highest BCUT2D eigenvalue weighted by Gasteiger charge is 2.27. The second-order valence-electron chi connectivity index (χ2n) is 6.20. The summed E-state index contributed by atoms with van der Waals surface area (Å²) in [5, 5.41) is 7.18. The zero-order valence-corrected chi connectivity index (χ0v) is 10.9. The van der Waals surface area contributed by atoms with Gasteiger partial charge in [-0.2, -0.15) is 0 Å². The smallest absolute Gasteiger partial charge is 0.000516 e. The van der Waals surface area contributed by atoms with Crippen molar-refractivity contribution in [2.75, 3.05) is 26.2 Å². The summed E-state index contributed by atoms with van der Waals surface area (Å²) >= 11 is 0. The molecule has 0 amide bonds. The first-order valence-corrected chi connectivity index (χ1v) is 7.20. The Hall–Kier alpha value is -0.0800. The van der Waals surface area contributed by atoms with Gasteiger partial charge < -0.3 is 10.6 Å². The molecular formula is C14H28N2. The fourth-order valence-corrected chi connectivity index (χ4v) is 3.27. The fraction of sp³-hybridized carbons (Fsp3) is 1.00. The van der Waals surface area contributed by atoms with Crippen LogP contribution in [0.5, 0.6) is 0 Å². The normalized spacial score (nSPS) is 29.4. The van der Waals surface area contributed by atoms with Crippen molar-refractivity contribution in [3.63, 3.8) is 0 Å². The van der Waals surface area contributed by atoms with Crippen molar-refractivity contribution < 1.29 is 0 Å². The molecule has 0 bridgehead atoms. The summed E-state index contributed by atoms with van der Waals surface area (Å²) in [7, 11) is 0. The van der Waals surface area contributed by atoms with E-state index in [1.165, 1.54) is 71.1 Å². The van der Waals surface area contributed by atoms with Crippen LogP contribution in [0.1, 0.15) is 51.9 Å². The van der Waals surface area contributed by atoms with E-state index in [1.807, 2.05) is 0 Å². The molecule has 1 aliphatic heterocycles. The molecule has 1 heterocycles. The molecule has 0 spiro atoms. The molecule has 2 fully saturated rings. The van der Waals surface area contributed by atoms with Crippen LogP contribution in [0.4, 0.5) is 0 Å². The highest BCUT2D eigenvalue weighted by atomic mass is 14.9. The van der Waals surface area contributed by atoms with E-state index in [1.54, 1.807) is 0 Å². The Morgan fingerprint density at radius 3 is 2.75 bits per heavy atom. The van der Waals surface area contributed by atoms with E-state index in [0.717, 1.165) is 5.92 Å². The predicted octanol–water partition coefficient (Wildman–Crippen LogP) is 2.55. The van der Waals surface area contributed by atoms with E-state index >= 15 is 0 Å². The van der Waals surface area contributed by atoms with Crippen molar-refractivity contribution in [2.45, 2.75) is 51.9 Å². The number of nitrogens with one attached hydrogen (secondary N) is 2. The van der Waals surface area contributed by atoms with Crippen LogP contribution in [0, 0.1) is 11.3 Å². The van der Waals surface area contributed by atoms with Gasteiger partial charge >= 0.3 is 0 Å². The molecule has 2 rings (SSSR count). The Bertz CT molecular complexity index is 191. The largest absolute Gasteiger partial charge is 0.316 e. The average Bonchev–Trinajstić information content (AvgIpc) is 2.74. The van der Waals surface area contributed by atoms with Gasteiger partial charge in [-0.25, -0.2) is 0 Å². The van der Waals surface area contributed by atoms with Gasteiger partial charge in [0.05, 0.1) is 0 Å². The standard InChI is InChI=1S/C14H28N2/c1-14(7-2-3-8-14)12-16-10-6-13-5-4-9-15-11-13/h13,15-16H,2-12H2,1H3. The van der Waals surface area contributed by atoms with E-state index in [9.17, 15) is 0 Å². The Labute approximate surface area is 101 Å². The first-order valence-electron chi connectivity index (χ1n) is 7.20. The van der Waals surface area contributed by atoms with Gasteiger partial charge in [-0.1, -0.05) is 19.8 Å². The maximum atomic E-state index is 3.69. The van der Waals surface area contributed by atoms with Crippen LogP contribution in [0.15, 0.2) is 0 Å². The summed E-state index contributed by atoms with van der Waals surface area (Å²) in [4.78, 5) is 0. The molecule has 2 N–H and O–H groups in total. The Morgan fingerprint density at radius 2 is 2.06 bits per heavy atom. The third-order valence-corrected chi connectivity index (χ3v) is 4.49. The Balaban J connectivity index is 1.54. The van der Waals surface area contributed by atoms with Crippen LogP contribution in [0.3, 0.4) is 0 Å². The second kappa shape index (κ2) is 6.02.